The molecule has 0 fully saturated rings. The van der Waals surface area contributed by atoms with Gasteiger partial charge in [0.1, 0.15) is 11.6 Å². The third-order valence-electron chi connectivity index (χ3n) is 2.24. The molecule has 0 aliphatic carbocycles. The topological polar surface area (TPSA) is 111 Å². The van der Waals surface area contributed by atoms with Crippen LogP contribution in [0, 0.1) is 0 Å². The maximum absolute atomic E-state index is 11.8. The number of hydrogen-bond donors (Lipinski definition) is 2. The number of nitrogens with one attached hydrogen (secondary N) is 1. The predicted octanol–water partition coefficient (Wildman–Crippen LogP) is 1.84. The van der Waals surface area contributed by atoms with Gasteiger partial charge >= 0.3 is 19.7 Å². The molecule has 0 aromatic rings. The molecular formula is C11H22NO7P. The Morgan fingerprint density at radius 3 is 2.10 bits per heavy atom. The van der Waals surface area contributed by atoms with Crippen LogP contribution in [-0.2, 0) is 23.1 Å². The number of alkyl carbamates (subject to hydrolysis) is 1. The zero-order valence-electron chi connectivity index (χ0n) is 12.3. The Balaban J connectivity index is 4.57. The van der Waals surface area contributed by atoms with Gasteiger partial charge in [-0.05, 0) is 27.2 Å². The predicted molar refractivity (Wildman–Crippen MR) is 71.9 cm³/mol. The van der Waals surface area contributed by atoms with Crippen molar-refractivity contribution in [1.82, 2.24) is 5.32 Å². The molecule has 1 amide bonds. The Hall–Kier alpha value is -1.11. The number of carboxylic acids is 1. The molecule has 0 bridgehead atoms. The summed E-state index contributed by atoms with van der Waals surface area (Å²) in [6.07, 6.45) is -1.09. The summed E-state index contributed by atoms with van der Waals surface area (Å²) in [5.41, 5.74) is -0.735. The van der Waals surface area contributed by atoms with Crippen molar-refractivity contribution < 1.29 is 33.0 Å². The minimum absolute atomic E-state index is 0.104. The van der Waals surface area contributed by atoms with Gasteiger partial charge in [0.05, 0.1) is 6.16 Å². The molecule has 0 radical (unpaired) electrons. The van der Waals surface area contributed by atoms with Crippen LogP contribution in [0.4, 0.5) is 4.79 Å². The molecule has 0 aliphatic heterocycles. The van der Waals surface area contributed by atoms with Crippen molar-refractivity contribution in [3.8, 4) is 0 Å². The summed E-state index contributed by atoms with van der Waals surface area (Å²) in [5, 5.41) is 11.2. The number of hydrogen-bond acceptors (Lipinski definition) is 6. The first kappa shape index (κ1) is 18.9. The lowest BCUT2D eigenvalue weighted by Crippen LogP contribution is -2.43. The van der Waals surface area contributed by atoms with Gasteiger partial charge in [-0.2, -0.15) is 0 Å². The van der Waals surface area contributed by atoms with E-state index in [1.54, 1.807) is 20.8 Å². The summed E-state index contributed by atoms with van der Waals surface area (Å²) in [6, 6.07) is -1.23. The second-order valence-electron chi connectivity index (χ2n) is 5.03. The number of aliphatic carboxylic acids is 1. The van der Waals surface area contributed by atoms with Crippen LogP contribution in [0.1, 0.15) is 27.2 Å². The van der Waals surface area contributed by atoms with E-state index >= 15 is 0 Å². The number of amides is 1. The summed E-state index contributed by atoms with van der Waals surface area (Å²) >= 11 is 0. The summed E-state index contributed by atoms with van der Waals surface area (Å²) in [6.45, 7) is 4.98. The molecule has 0 spiro atoms. The molecule has 0 saturated heterocycles. The molecule has 1 atom stereocenters. The molecule has 118 valence electrons. The quantitative estimate of drug-likeness (QED) is 0.690. The molecular weight excluding hydrogens is 289 g/mol. The van der Waals surface area contributed by atoms with Crippen molar-refractivity contribution in [3.05, 3.63) is 0 Å². The molecule has 0 saturated carbocycles. The maximum atomic E-state index is 11.8. The second kappa shape index (κ2) is 7.61. The molecule has 0 heterocycles. The summed E-state index contributed by atoms with van der Waals surface area (Å²) in [4.78, 5) is 22.6. The molecule has 0 aliphatic rings. The lowest BCUT2D eigenvalue weighted by atomic mass is 10.2. The van der Waals surface area contributed by atoms with Gasteiger partial charge in [-0.1, -0.05) is 0 Å². The van der Waals surface area contributed by atoms with Gasteiger partial charge in [0.2, 0.25) is 0 Å². The maximum Gasteiger partial charge on any atom is 0.408 e. The van der Waals surface area contributed by atoms with Gasteiger partial charge in [0.15, 0.2) is 0 Å². The van der Waals surface area contributed by atoms with E-state index in [1.165, 1.54) is 14.2 Å². The van der Waals surface area contributed by atoms with E-state index in [9.17, 15) is 14.2 Å². The first-order valence-corrected chi connectivity index (χ1v) is 7.68. The number of carboxylic acid groups (broad SMARTS) is 1. The van der Waals surface area contributed by atoms with Crippen LogP contribution in [0.25, 0.3) is 0 Å². The number of carbonyl (C=O) groups excluding carboxylic acids is 1. The highest BCUT2D eigenvalue weighted by Gasteiger charge is 2.28. The highest BCUT2D eigenvalue weighted by molar-refractivity contribution is 7.53. The summed E-state index contributed by atoms with van der Waals surface area (Å²) in [7, 11) is -0.895. The van der Waals surface area contributed by atoms with Crippen LogP contribution in [-0.4, -0.2) is 49.2 Å². The van der Waals surface area contributed by atoms with E-state index in [0.29, 0.717) is 0 Å². The average Bonchev–Trinajstić information content (AvgIpc) is 2.31. The van der Waals surface area contributed by atoms with Gasteiger partial charge in [-0.25, -0.2) is 9.59 Å². The Morgan fingerprint density at radius 2 is 1.75 bits per heavy atom. The van der Waals surface area contributed by atoms with Crippen molar-refractivity contribution in [1.29, 1.82) is 0 Å². The minimum Gasteiger partial charge on any atom is -0.480 e. The van der Waals surface area contributed by atoms with Crippen molar-refractivity contribution >= 4 is 19.7 Å². The fourth-order valence-electron chi connectivity index (χ4n) is 1.25. The number of carbonyl (C=O) groups is 2. The zero-order chi connectivity index (χ0) is 16.0. The van der Waals surface area contributed by atoms with E-state index in [4.69, 9.17) is 18.9 Å². The van der Waals surface area contributed by atoms with Gasteiger partial charge in [0.25, 0.3) is 0 Å². The third-order valence-corrected chi connectivity index (χ3v) is 4.16. The average molecular weight is 311 g/mol. The SMILES string of the molecule is COP(=O)(CC[C@H](NC(=O)OC(C)(C)C)C(=O)O)OC. The Bertz CT molecular complexity index is 383. The van der Waals surface area contributed by atoms with E-state index in [1.807, 2.05) is 0 Å². The fraction of sp³-hybridized carbons (Fsp3) is 0.818. The van der Waals surface area contributed by atoms with E-state index in [2.05, 4.69) is 5.32 Å². The third kappa shape index (κ3) is 7.47. The first-order valence-electron chi connectivity index (χ1n) is 5.96. The van der Waals surface area contributed by atoms with E-state index in [0.717, 1.165) is 0 Å². The summed E-state index contributed by atoms with van der Waals surface area (Å²) < 4.78 is 26.2. The Morgan fingerprint density at radius 1 is 1.25 bits per heavy atom. The van der Waals surface area contributed by atoms with Gasteiger partial charge in [0, 0.05) is 14.2 Å². The molecule has 0 aromatic carbocycles. The van der Waals surface area contributed by atoms with Crippen LogP contribution in [0.3, 0.4) is 0 Å². The molecule has 2 N–H and O–H groups in total. The van der Waals surface area contributed by atoms with Crippen LogP contribution < -0.4 is 5.32 Å². The largest absolute Gasteiger partial charge is 0.480 e. The van der Waals surface area contributed by atoms with Gasteiger partial charge < -0.3 is 24.2 Å². The Kier molecular flexibility index (Phi) is 7.19. The molecule has 0 unspecified atom stereocenters. The van der Waals surface area contributed by atoms with Crippen LogP contribution in [0.15, 0.2) is 0 Å². The van der Waals surface area contributed by atoms with Crippen molar-refractivity contribution in [2.24, 2.45) is 0 Å². The number of rotatable bonds is 7. The van der Waals surface area contributed by atoms with Gasteiger partial charge in [-0.3, -0.25) is 4.57 Å². The minimum atomic E-state index is -3.31. The number of ether oxygens (including phenoxy) is 1. The van der Waals surface area contributed by atoms with Crippen LogP contribution in [0.2, 0.25) is 0 Å². The molecule has 20 heavy (non-hydrogen) atoms. The molecule has 8 nitrogen and oxygen atoms in total. The lowest BCUT2D eigenvalue weighted by molar-refractivity contribution is -0.139. The highest BCUT2D eigenvalue weighted by atomic mass is 31.2. The smallest absolute Gasteiger partial charge is 0.408 e. The highest BCUT2D eigenvalue weighted by Crippen LogP contribution is 2.46. The standard InChI is InChI=1S/C11H22NO7P/c1-11(2,3)19-10(15)12-8(9(13)14)6-7-20(16,17-4)18-5/h8H,6-7H2,1-5H3,(H,12,15)(H,13,14)/t8-/m0/s1. The van der Waals surface area contributed by atoms with Gasteiger partial charge in [-0.15, -0.1) is 0 Å². The van der Waals surface area contributed by atoms with E-state index < -0.39 is 31.3 Å². The molecule has 9 heteroatoms. The fourth-order valence-corrected chi connectivity index (χ4v) is 2.34. The van der Waals surface area contributed by atoms with E-state index in [-0.39, 0.29) is 12.6 Å². The normalized spacial score (nSPS) is 13.7. The lowest BCUT2D eigenvalue weighted by Gasteiger charge is -2.22. The van der Waals surface area contributed by atoms with Crippen molar-refractivity contribution in [2.75, 3.05) is 20.4 Å². The van der Waals surface area contributed by atoms with Crippen molar-refractivity contribution in [3.63, 3.8) is 0 Å². The first-order chi connectivity index (χ1) is 9.03. The monoisotopic (exact) mass is 311 g/mol. The Labute approximate surface area is 118 Å². The van der Waals surface area contributed by atoms with Crippen LogP contribution >= 0.6 is 7.60 Å². The summed E-state index contributed by atoms with van der Waals surface area (Å²) in [5.74, 6) is -1.25. The van der Waals surface area contributed by atoms with Crippen molar-refractivity contribution in [2.45, 2.75) is 38.8 Å². The van der Waals surface area contributed by atoms with Crippen LogP contribution in [0.5, 0.6) is 0 Å². The molecule has 0 aromatic heterocycles. The molecule has 0 rings (SSSR count). The zero-order valence-corrected chi connectivity index (χ0v) is 13.2. The second-order valence-corrected chi connectivity index (χ2v) is 7.42.